The van der Waals surface area contributed by atoms with Gasteiger partial charge < -0.3 is 4.90 Å². The van der Waals surface area contributed by atoms with E-state index in [1.165, 1.54) is 4.90 Å². The van der Waals surface area contributed by atoms with Gasteiger partial charge in [0.2, 0.25) is 5.91 Å². The molecule has 1 aliphatic rings. The van der Waals surface area contributed by atoms with Gasteiger partial charge in [0.05, 0.1) is 5.69 Å². The molecule has 1 aliphatic heterocycles. The lowest BCUT2D eigenvalue weighted by atomic mass is 10.3. The van der Waals surface area contributed by atoms with Crippen LogP contribution in [0.1, 0.15) is 0 Å². The Balaban J connectivity index is 2.27. The Morgan fingerprint density at radius 2 is 1.75 bits per heavy atom. The predicted octanol–water partition coefficient (Wildman–Crippen LogP) is 0.235. The minimum absolute atomic E-state index is 0.0291. The molecule has 0 bridgehead atoms. The summed E-state index contributed by atoms with van der Waals surface area (Å²) in [6.07, 6.45) is 0. The van der Waals surface area contributed by atoms with E-state index in [4.69, 9.17) is 12.2 Å². The molecule has 6 nitrogen and oxygen atoms in total. The summed E-state index contributed by atoms with van der Waals surface area (Å²) in [6.45, 7) is -0.236. The Morgan fingerprint density at radius 3 is 2.30 bits per heavy atom. The smallest absolute Gasteiger partial charge is 0.323 e. The quantitative estimate of drug-likeness (QED) is 0.591. The average Bonchev–Trinajstić information content (AvgIpc) is 2.63. The Hall–Kier alpha value is -2.28. The number of anilines is 1. The summed E-state index contributed by atoms with van der Waals surface area (Å²) in [5.74, 6) is -1.83. The maximum Gasteiger partial charge on any atom is 0.323 e. The van der Waals surface area contributed by atoms with Crippen molar-refractivity contribution >= 4 is 40.7 Å². The summed E-state index contributed by atoms with van der Waals surface area (Å²) in [7, 11) is 3.14. The van der Waals surface area contributed by atoms with Gasteiger partial charge in [-0.05, 0) is 24.4 Å². The Bertz CT molecular complexity index is 586. The van der Waals surface area contributed by atoms with Gasteiger partial charge in [0.25, 0.3) is 0 Å². The molecule has 0 aromatic heterocycles. The summed E-state index contributed by atoms with van der Waals surface area (Å²) in [5.41, 5.74) is 0.510. The molecule has 2 rings (SSSR count). The van der Waals surface area contributed by atoms with E-state index < -0.39 is 11.8 Å². The van der Waals surface area contributed by atoms with Crippen LogP contribution in [0.25, 0.3) is 0 Å². The number of para-hydroxylation sites is 1. The van der Waals surface area contributed by atoms with E-state index in [-0.39, 0.29) is 17.6 Å². The normalized spacial score (nSPS) is 15.0. The second-order valence-corrected chi connectivity index (χ2v) is 4.80. The largest absolute Gasteiger partial charge is 0.347 e. The number of hydrogen-bond acceptors (Lipinski definition) is 4. The van der Waals surface area contributed by atoms with Crippen molar-refractivity contribution in [3.8, 4) is 0 Å². The van der Waals surface area contributed by atoms with Crippen molar-refractivity contribution in [1.82, 2.24) is 9.80 Å². The number of carbonyl (C=O) groups excluding carboxylic acids is 3. The molecule has 0 atom stereocenters. The molecule has 1 aromatic rings. The van der Waals surface area contributed by atoms with Crippen molar-refractivity contribution in [2.24, 2.45) is 0 Å². The summed E-state index contributed by atoms with van der Waals surface area (Å²) >= 11 is 5.14. The molecule has 3 amide bonds. The highest BCUT2D eigenvalue weighted by Crippen LogP contribution is 2.21. The van der Waals surface area contributed by atoms with Crippen molar-refractivity contribution < 1.29 is 14.4 Å². The molecular formula is C13H13N3O3S. The fourth-order valence-corrected chi connectivity index (χ4v) is 2.06. The molecule has 1 saturated heterocycles. The number of rotatable bonds is 3. The minimum Gasteiger partial charge on any atom is -0.347 e. The highest BCUT2D eigenvalue weighted by atomic mass is 32.1. The molecule has 0 N–H and O–H groups in total. The zero-order chi connectivity index (χ0) is 14.9. The number of nitrogens with zero attached hydrogens (tertiary/aromatic N) is 3. The Morgan fingerprint density at radius 1 is 1.15 bits per heavy atom. The first-order valence-corrected chi connectivity index (χ1v) is 6.29. The molecule has 7 heteroatoms. The van der Waals surface area contributed by atoms with Gasteiger partial charge in [0.15, 0.2) is 5.11 Å². The summed E-state index contributed by atoms with van der Waals surface area (Å²) in [4.78, 5) is 39.1. The first-order valence-electron chi connectivity index (χ1n) is 5.88. The van der Waals surface area contributed by atoms with Crippen LogP contribution in [0.3, 0.4) is 0 Å². The zero-order valence-corrected chi connectivity index (χ0v) is 11.9. The summed E-state index contributed by atoms with van der Waals surface area (Å²) in [6, 6.07) is 8.62. The molecule has 1 heterocycles. The zero-order valence-electron chi connectivity index (χ0n) is 11.1. The van der Waals surface area contributed by atoms with Gasteiger partial charge in [-0.15, -0.1) is 0 Å². The van der Waals surface area contributed by atoms with E-state index in [2.05, 4.69) is 0 Å². The number of benzene rings is 1. The van der Waals surface area contributed by atoms with Crippen molar-refractivity contribution in [3.05, 3.63) is 30.3 Å². The third kappa shape index (κ3) is 2.39. The SMILES string of the molecule is CN(C)C(=O)CN1C(=O)C(=O)N(c2ccccc2)C1=S. The predicted molar refractivity (Wildman–Crippen MR) is 76.9 cm³/mol. The van der Waals surface area contributed by atoms with Crippen LogP contribution in [0.5, 0.6) is 0 Å². The van der Waals surface area contributed by atoms with E-state index >= 15 is 0 Å². The topological polar surface area (TPSA) is 60.9 Å². The van der Waals surface area contributed by atoms with Crippen LogP contribution in [-0.4, -0.2) is 53.3 Å². The van der Waals surface area contributed by atoms with Crippen molar-refractivity contribution in [2.45, 2.75) is 0 Å². The van der Waals surface area contributed by atoms with Crippen LogP contribution >= 0.6 is 12.2 Å². The summed E-state index contributed by atoms with van der Waals surface area (Å²) in [5, 5.41) is 0.0291. The second-order valence-electron chi connectivity index (χ2n) is 4.44. The lowest BCUT2D eigenvalue weighted by molar-refractivity contribution is -0.141. The van der Waals surface area contributed by atoms with E-state index in [1.807, 2.05) is 0 Å². The molecule has 104 valence electrons. The molecule has 0 aliphatic carbocycles. The van der Waals surface area contributed by atoms with Crippen LogP contribution in [0.2, 0.25) is 0 Å². The van der Waals surface area contributed by atoms with Gasteiger partial charge in [0.1, 0.15) is 6.54 Å². The molecule has 0 saturated carbocycles. The van der Waals surface area contributed by atoms with Gasteiger partial charge in [-0.2, -0.15) is 0 Å². The van der Waals surface area contributed by atoms with E-state index in [0.717, 1.165) is 9.80 Å². The molecule has 0 radical (unpaired) electrons. The van der Waals surface area contributed by atoms with E-state index in [1.54, 1.807) is 44.4 Å². The second kappa shape index (κ2) is 5.38. The highest BCUT2D eigenvalue weighted by Gasteiger charge is 2.43. The van der Waals surface area contributed by atoms with Gasteiger partial charge in [-0.1, -0.05) is 18.2 Å². The summed E-state index contributed by atoms with van der Waals surface area (Å²) < 4.78 is 0. The number of amides is 3. The van der Waals surface area contributed by atoms with Crippen LogP contribution in [-0.2, 0) is 14.4 Å². The molecule has 1 aromatic carbocycles. The van der Waals surface area contributed by atoms with Gasteiger partial charge >= 0.3 is 11.8 Å². The van der Waals surface area contributed by atoms with Gasteiger partial charge in [0, 0.05) is 14.1 Å². The standard InChI is InChI=1S/C13H13N3O3S/c1-14(2)10(17)8-15-11(18)12(19)16(13(15)20)9-6-4-3-5-7-9/h3-7H,8H2,1-2H3. The number of likely N-dealkylation sites (N-methyl/N-ethyl adjacent to an activating group) is 1. The third-order valence-corrected chi connectivity index (χ3v) is 3.26. The maximum absolute atomic E-state index is 12.0. The Kier molecular flexibility index (Phi) is 3.80. The molecule has 1 fully saturated rings. The molecule has 0 spiro atoms. The maximum atomic E-state index is 12.0. The van der Waals surface area contributed by atoms with Crippen molar-refractivity contribution in [2.75, 3.05) is 25.5 Å². The fraction of sp³-hybridized carbons (Fsp3) is 0.231. The monoisotopic (exact) mass is 291 g/mol. The third-order valence-electron chi connectivity index (χ3n) is 2.86. The Labute approximate surface area is 121 Å². The van der Waals surface area contributed by atoms with Crippen molar-refractivity contribution in [3.63, 3.8) is 0 Å². The van der Waals surface area contributed by atoms with Crippen molar-refractivity contribution in [1.29, 1.82) is 0 Å². The van der Waals surface area contributed by atoms with Crippen LogP contribution in [0, 0.1) is 0 Å². The van der Waals surface area contributed by atoms with Crippen LogP contribution in [0.4, 0.5) is 5.69 Å². The molecule has 20 heavy (non-hydrogen) atoms. The number of carbonyl (C=O) groups is 3. The lowest BCUT2D eigenvalue weighted by Crippen LogP contribution is -2.40. The van der Waals surface area contributed by atoms with Crippen LogP contribution in [0.15, 0.2) is 30.3 Å². The van der Waals surface area contributed by atoms with E-state index in [9.17, 15) is 14.4 Å². The first-order chi connectivity index (χ1) is 9.43. The number of thiocarbonyl (C=S) groups is 1. The number of hydrogen-bond donors (Lipinski definition) is 0. The lowest BCUT2D eigenvalue weighted by Gasteiger charge is -2.19. The van der Waals surface area contributed by atoms with Gasteiger partial charge in [-0.3, -0.25) is 19.3 Å². The molecule has 0 unspecified atom stereocenters. The van der Waals surface area contributed by atoms with Gasteiger partial charge in [-0.25, -0.2) is 4.90 Å². The molecular weight excluding hydrogens is 278 g/mol. The van der Waals surface area contributed by atoms with E-state index in [0.29, 0.717) is 5.69 Å². The first kappa shape index (κ1) is 14.1. The van der Waals surface area contributed by atoms with Crippen LogP contribution < -0.4 is 4.90 Å². The highest BCUT2D eigenvalue weighted by molar-refractivity contribution is 7.80. The minimum atomic E-state index is -0.783. The fourth-order valence-electron chi connectivity index (χ4n) is 1.73. The average molecular weight is 291 g/mol.